The van der Waals surface area contributed by atoms with Gasteiger partial charge in [-0.05, 0) is 24.4 Å². The van der Waals surface area contributed by atoms with Gasteiger partial charge < -0.3 is 10.6 Å². The van der Waals surface area contributed by atoms with Crippen molar-refractivity contribution in [2.45, 2.75) is 27.2 Å². The van der Waals surface area contributed by atoms with Gasteiger partial charge >= 0.3 is 0 Å². The Labute approximate surface area is 109 Å². The van der Waals surface area contributed by atoms with Crippen molar-refractivity contribution in [1.82, 2.24) is 4.98 Å². The number of hydrogen-bond donors (Lipinski definition) is 1. The normalized spacial score (nSPS) is 11.6. The fraction of sp³-hybridized carbons (Fsp3) is 0.615. The maximum absolute atomic E-state index is 6.19. The molecule has 4 heteroatoms. The summed E-state index contributed by atoms with van der Waals surface area (Å²) in [5.41, 5.74) is 6.93. The van der Waals surface area contributed by atoms with E-state index in [1.54, 1.807) is 12.4 Å². The van der Waals surface area contributed by atoms with Gasteiger partial charge in [0.25, 0.3) is 0 Å². The molecule has 3 nitrogen and oxygen atoms in total. The van der Waals surface area contributed by atoms with Crippen LogP contribution < -0.4 is 10.6 Å². The Morgan fingerprint density at radius 1 is 1.47 bits per heavy atom. The standard InChI is InChI=1S/C13H22ClN3/c1-4-7-17(10-13(2,3)9-15)12-5-6-16-8-11(12)14/h5-6,8H,4,7,9-10,15H2,1-3H3. The first-order valence-electron chi connectivity index (χ1n) is 6.04. The number of nitrogens with zero attached hydrogens (tertiary/aromatic N) is 2. The van der Waals surface area contributed by atoms with Gasteiger partial charge in [-0.3, -0.25) is 4.98 Å². The quantitative estimate of drug-likeness (QED) is 0.850. The predicted molar refractivity (Wildman–Crippen MR) is 74.6 cm³/mol. The van der Waals surface area contributed by atoms with E-state index in [1.807, 2.05) is 6.07 Å². The SMILES string of the molecule is CCCN(CC(C)(C)CN)c1ccncc1Cl. The van der Waals surface area contributed by atoms with Gasteiger partial charge in [0.15, 0.2) is 0 Å². The summed E-state index contributed by atoms with van der Waals surface area (Å²) in [6.07, 6.45) is 4.55. The highest BCUT2D eigenvalue weighted by Gasteiger charge is 2.21. The van der Waals surface area contributed by atoms with Gasteiger partial charge in [0.05, 0.1) is 10.7 Å². The van der Waals surface area contributed by atoms with E-state index in [1.165, 1.54) is 0 Å². The van der Waals surface area contributed by atoms with Crippen molar-refractivity contribution >= 4 is 17.3 Å². The molecular weight excluding hydrogens is 234 g/mol. The lowest BCUT2D eigenvalue weighted by molar-refractivity contribution is 0.377. The lowest BCUT2D eigenvalue weighted by Crippen LogP contribution is -2.39. The third-order valence-corrected chi connectivity index (χ3v) is 3.05. The zero-order chi connectivity index (χ0) is 12.9. The summed E-state index contributed by atoms with van der Waals surface area (Å²) in [6.45, 7) is 9.05. The molecule has 0 aliphatic heterocycles. The number of halogens is 1. The molecule has 0 bridgehead atoms. The molecule has 0 saturated heterocycles. The molecule has 96 valence electrons. The van der Waals surface area contributed by atoms with E-state index in [4.69, 9.17) is 17.3 Å². The van der Waals surface area contributed by atoms with Crippen LogP contribution >= 0.6 is 11.6 Å². The minimum absolute atomic E-state index is 0.0851. The monoisotopic (exact) mass is 255 g/mol. The van der Waals surface area contributed by atoms with Gasteiger partial charge in [-0.2, -0.15) is 0 Å². The van der Waals surface area contributed by atoms with E-state index in [0.29, 0.717) is 11.6 Å². The minimum Gasteiger partial charge on any atom is -0.370 e. The van der Waals surface area contributed by atoms with E-state index < -0.39 is 0 Å². The average Bonchev–Trinajstić information content (AvgIpc) is 2.29. The molecule has 0 unspecified atom stereocenters. The maximum Gasteiger partial charge on any atom is 0.0822 e. The third kappa shape index (κ3) is 4.17. The van der Waals surface area contributed by atoms with Crippen LogP contribution in [0.5, 0.6) is 0 Å². The van der Waals surface area contributed by atoms with Gasteiger partial charge in [-0.1, -0.05) is 32.4 Å². The molecular formula is C13H22ClN3. The second-order valence-electron chi connectivity index (χ2n) is 5.12. The number of anilines is 1. The van der Waals surface area contributed by atoms with Crippen LogP contribution in [0.15, 0.2) is 18.5 Å². The minimum atomic E-state index is 0.0851. The van der Waals surface area contributed by atoms with Gasteiger partial charge in [-0.25, -0.2) is 0 Å². The number of pyridine rings is 1. The van der Waals surface area contributed by atoms with Crippen LogP contribution in [-0.2, 0) is 0 Å². The van der Waals surface area contributed by atoms with Crippen LogP contribution in [-0.4, -0.2) is 24.6 Å². The Balaban J connectivity index is 2.90. The van der Waals surface area contributed by atoms with Crippen LogP contribution in [0.3, 0.4) is 0 Å². The molecule has 1 aromatic heterocycles. The van der Waals surface area contributed by atoms with Crippen molar-refractivity contribution in [3.05, 3.63) is 23.5 Å². The Bertz CT molecular complexity index is 352. The summed E-state index contributed by atoms with van der Waals surface area (Å²) >= 11 is 6.19. The van der Waals surface area contributed by atoms with E-state index in [0.717, 1.165) is 25.2 Å². The van der Waals surface area contributed by atoms with Crippen molar-refractivity contribution in [2.75, 3.05) is 24.5 Å². The van der Waals surface area contributed by atoms with Gasteiger partial charge in [0, 0.05) is 25.5 Å². The van der Waals surface area contributed by atoms with Gasteiger partial charge in [-0.15, -0.1) is 0 Å². The highest BCUT2D eigenvalue weighted by atomic mass is 35.5. The lowest BCUT2D eigenvalue weighted by Gasteiger charge is -2.33. The first kappa shape index (κ1) is 14.3. The molecule has 1 heterocycles. The van der Waals surface area contributed by atoms with Crippen molar-refractivity contribution < 1.29 is 0 Å². The molecule has 0 saturated carbocycles. The third-order valence-electron chi connectivity index (χ3n) is 2.76. The first-order chi connectivity index (χ1) is 8.00. The Hall–Kier alpha value is -0.800. The molecule has 0 atom stereocenters. The summed E-state index contributed by atoms with van der Waals surface area (Å²) in [5, 5.41) is 0.703. The molecule has 0 amide bonds. The molecule has 0 aliphatic carbocycles. The molecule has 0 aliphatic rings. The molecule has 1 rings (SSSR count). The van der Waals surface area contributed by atoms with Crippen molar-refractivity contribution in [3.63, 3.8) is 0 Å². The van der Waals surface area contributed by atoms with Gasteiger partial charge in [0.2, 0.25) is 0 Å². The molecule has 17 heavy (non-hydrogen) atoms. The molecule has 0 aromatic carbocycles. The first-order valence-corrected chi connectivity index (χ1v) is 6.42. The number of nitrogens with two attached hydrogens (primary N) is 1. The van der Waals surface area contributed by atoms with E-state index >= 15 is 0 Å². The summed E-state index contributed by atoms with van der Waals surface area (Å²) in [4.78, 5) is 6.31. The van der Waals surface area contributed by atoms with Crippen molar-refractivity contribution in [2.24, 2.45) is 11.1 Å². The van der Waals surface area contributed by atoms with Crippen LogP contribution in [0, 0.1) is 5.41 Å². The van der Waals surface area contributed by atoms with Crippen molar-refractivity contribution in [1.29, 1.82) is 0 Å². The van der Waals surface area contributed by atoms with Crippen molar-refractivity contribution in [3.8, 4) is 0 Å². The second kappa shape index (κ2) is 6.22. The Kier molecular flexibility index (Phi) is 5.22. The fourth-order valence-electron chi connectivity index (χ4n) is 1.76. The number of aromatic nitrogens is 1. The average molecular weight is 256 g/mol. The number of rotatable bonds is 6. The fourth-order valence-corrected chi connectivity index (χ4v) is 2.00. The molecule has 1 aromatic rings. The molecule has 0 radical (unpaired) electrons. The van der Waals surface area contributed by atoms with Crippen LogP contribution in [0.25, 0.3) is 0 Å². The summed E-state index contributed by atoms with van der Waals surface area (Å²) < 4.78 is 0. The summed E-state index contributed by atoms with van der Waals surface area (Å²) in [5.74, 6) is 0. The highest BCUT2D eigenvalue weighted by molar-refractivity contribution is 6.33. The Morgan fingerprint density at radius 3 is 2.71 bits per heavy atom. The smallest absolute Gasteiger partial charge is 0.0822 e. The van der Waals surface area contributed by atoms with E-state index in [-0.39, 0.29) is 5.41 Å². The highest BCUT2D eigenvalue weighted by Crippen LogP contribution is 2.27. The molecule has 0 fully saturated rings. The van der Waals surface area contributed by atoms with E-state index in [2.05, 4.69) is 30.7 Å². The molecule has 2 N–H and O–H groups in total. The molecule has 0 spiro atoms. The van der Waals surface area contributed by atoms with Crippen LogP contribution in [0.4, 0.5) is 5.69 Å². The zero-order valence-electron chi connectivity index (χ0n) is 10.9. The number of hydrogen-bond acceptors (Lipinski definition) is 3. The lowest BCUT2D eigenvalue weighted by atomic mass is 9.93. The topological polar surface area (TPSA) is 42.1 Å². The summed E-state index contributed by atoms with van der Waals surface area (Å²) in [6, 6.07) is 1.96. The Morgan fingerprint density at radius 2 is 2.18 bits per heavy atom. The van der Waals surface area contributed by atoms with Crippen LogP contribution in [0.2, 0.25) is 5.02 Å². The van der Waals surface area contributed by atoms with Gasteiger partial charge in [0.1, 0.15) is 0 Å². The maximum atomic E-state index is 6.19. The van der Waals surface area contributed by atoms with Crippen LogP contribution in [0.1, 0.15) is 27.2 Å². The largest absolute Gasteiger partial charge is 0.370 e. The predicted octanol–water partition coefficient (Wildman–Crippen LogP) is 2.94. The summed E-state index contributed by atoms with van der Waals surface area (Å²) in [7, 11) is 0. The zero-order valence-corrected chi connectivity index (χ0v) is 11.7. The second-order valence-corrected chi connectivity index (χ2v) is 5.52. The van der Waals surface area contributed by atoms with E-state index in [9.17, 15) is 0 Å².